The molecule has 10 nitrogen and oxygen atoms in total. The van der Waals surface area contributed by atoms with E-state index in [1.165, 1.54) is 6.08 Å². The molecule has 0 spiro atoms. The number of imidazole rings is 1. The molecule has 0 fully saturated rings. The Labute approximate surface area is 166 Å². The number of nitrogens with two attached hydrogens (primary N) is 1. The number of carbonyl (C=O) groups is 1. The molecule has 0 atom stereocenters. The Morgan fingerprint density at radius 1 is 1.21 bits per heavy atom. The van der Waals surface area contributed by atoms with Crippen LogP contribution in [-0.2, 0) is 16.0 Å². The Morgan fingerprint density at radius 3 is 2.72 bits per heavy atom. The fourth-order valence-corrected chi connectivity index (χ4v) is 2.48. The number of anilines is 1. The van der Waals surface area contributed by atoms with Gasteiger partial charge in [-0.15, -0.1) is 0 Å². The minimum Gasteiger partial charge on any atom is -0.461 e. The van der Waals surface area contributed by atoms with Crippen molar-refractivity contribution >= 4 is 23.1 Å². The standard InChI is InChI=1S/C19H21N5O5/c1-3-9-28-19(25)29-18-21-14-15(20)22-17(27-11-10-26-2)23-16(14)24(18)12-13-7-5-4-6-8-13/h3-8H,1,9-12H2,2H3,(H2,20,22,23). The first-order valence-electron chi connectivity index (χ1n) is 8.77. The van der Waals surface area contributed by atoms with Crippen molar-refractivity contribution in [3.05, 3.63) is 48.6 Å². The van der Waals surface area contributed by atoms with Gasteiger partial charge in [-0.05, 0) is 5.56 Å². The number of nitrogens with zero attached hydrogens (tertiary/aromatic N) is 4. The molecule has 0 saturated carbocycles. The molecule has 0 unspecified atom stereocenters. The summed E-state index contributed by atoms with van der Waals surface area (Å²) in [5.41, 5.74) is 7.61. The molecule has 2 heterocycles. The van der Waals surface area contributed by atoms with Crippen LogP contribution in [0.4, 0.5) is 10.6 Å². The van der Waals surface area contributed by atoms with Crippen LogP contribution in [0.2, 0.25) is 0 Å². The fourth-order valence-electron chi connectivity index (χ4n) is 2.48. The third-order valence-corrected chi connectivity index (χ3v) is 3.76. The van der Waals surface area contributed by atoms with Crippen molar-refractivity contribution in [2.45, 2.75) is 6.54 Å². The Bertz CT molecular complexity index is 990. The second-order valence-electron chi connectivity index (χ2n) is 5.82. The van der Waals surface area contributed by atoms with Crippen LogP contribution >= 0.6 is 0 Å². The Kier molecular flexibility index (Phi) is 6.59. The van der Waals surface area contributed by atoms with Crippen molar-refractivity contribution in [1.29, 1.82) is 0 Å². The van der Waals surface area contributed by atoms with Gasteiger partial charge in [0.2, 0.25) is 0 Å². The van der Waals surface area contributed by atoms with Crippen LogP contribution in [0.15, 0.2) is 43.0 Å². The van der Waals surface area contributed by atoms with Gasteiger partial charge in [0.25, 0.3) is 0 Å². The van der Waals surface area contributed by atoms with Crippen molar-refractivity contribution in [2.75, 3.05) is 32.7 Å². The molecule has 0 bridgehead atoms. The summed E-state index contributed by atoms with van der Waals surface area (Å²) in [7, 11) is 1.56. The zero-order valence-electron chi connectivity index (χ0n) is 15.9. The molecule has 29 heavy (non-hydrogen) atoms. The van der Waals surface area contributed by atoms with Crippen molar-refractivity contribution in [1.82, 2.24) is 19.5 Å². The third kappa shape index (κ3) is 4.99. The smallest absolute Gasteiger partial charge is 0.461 e. The van der Waals surface area contributed by atoms with E-state index in [9.17, 15) is 4.79 Å². The van der Waals surface area contributed by atoms with Gasteiger partial charge in [-0.1, -0.05) is 43.0 Å². The molecule has 2 aromatic heterocycles. The van der Waals surface area contributed by atoms with E-state index in [4.69, 9.17) is 24.7 Å². The van der Waals surface area contributed by atoms with Crippen LogP contribution in [0.3, 0.4) is 0 Å². The monoisotopic (exact) mass is 399 g/mol. The minimum absolute atomic E-state index is 0.0111. The molecule has 1 aromatic carbocycles. The van der Waals surface area contributed by atoms with E-state index in [1.807, 2.05) is 30.3 Å². The lowest BCUT2D eigenvalue weighted by molar-refractivity contribution is 0.105. The van der Waals surface area contributed by atoms with Crippen LogP contribution in [0.25, 0.3) is 11.2 Å². The number of hydrogen-bond acceptors (Lipinski definition) is 9. The highest BCUT2D eigenvalue weighted by Gasteiger charge is 2.21. The van der Waals surface area contributed by atoms with Gasteiger partial charge in [0.15, 0.2) is 17.0 Å². The molecule has 3 rings (SSSR count). The molecular weight excluding hydrogens is 378 g/mol. The molecule has 0 saturated heterocycles. The second kappa shape index (κ2) is 9.51. The first kappa shape index (κ1) is 20.1. The van der Waals surface area contributed by atoms with Crippen molar-refractivity contribution in [3.8, 4) is 12.0 Å². The predicted molar refractivity (Wildman–Crippen MR) is 105 cm³/mol. The average molecular weight is 399 g/mol. The van der Waals surface area contributed by atoms with E-state index in [0.717, 1.165) is 5.56 Å². The van der Waals surface area contributed by atoms with Gasteiger partial charge in [0.05, 0.1) is 13.2 Å². The number of rotatable bonds is 9. The lowest BCUT2D eigenvalue weighted by Gasteiger charge is -2.09. The summed E-state index contributed by atoms with van der Waals surface area (Å²) in [6.45, 7) is 4.45. The number of carbonyl (C=O) groups excluding carboxylic acids is 1. The van der Waals surface area contributed by atoms with Gasteiger partial charge in [0.1, 0.15) is 13.2 Å². The Hall–Kier alpha value is -3.66. The van der Waals surface area contributed by atoms with Crippen LogP contribution in [-0.4, -0.2) is 52.6 Å². The van der Waals surface area contributed by atoms with Gasteiger partial charge < -0.3 is 24.7 Å². The molecule has 0 aliphatic carbocycles. The fraction of sp³-hybridized carbons (Fsp3) is 0.263. The maximum atomic E-state index is 11.9. The van der Waals surface area contributed by atoms with Crippen LogP contribution in [0, 0.1) is 0 Å². The molecular formula is C19H21N5O5. The number of ether oxygens (including phenoxy) is 4. The zero-order valence-corrected chi connectivity index (χ0v) is 15.9. The summed E-state index contributed by atoms with van der Waals surface area (Å²) >= 11 is 0. The summed E-state index contributed by atoms with van der Waals surface area (Å²) in [5, 5.41) is 0. The first-order chi connectivity index (χ1) is 14.1. The summed E-state index contributed by atoms with van der Waals surface area (Å²) in [4.78, 5) is 24.7. The van der Waals surface area contributed by atoms with Gasteiger partial charge >= 0.3 is 18.2 Å². The summed E-state index contributed by atoms with van der Waals surface area (Å²) in [6, 6.07) is 9.60. The Balaban J connectivity index is 2.00. The normalized spacial score (nSPS) is 10.7. The molecule has 3 aromatic rings. The Morgan fingerprint density at radius 2 is 2.00 bits per heavy atom. The average Bonchev–Trinajstić information content (AvgIpc) is 3.05. The van der Waals surface area contributed by atoms with Gasteiger partial charge in [-0.2, -0.15) is 15.0 Å². The van der Waals surface area contributed by atoms with E-state index in [-0.39, 0.29) is 36.6 Å². The summed E-state index contributed by atoms with van der Waals surface area (Å²) in [5.74, 6) is 0.0959. The van der Waals surface area contributed by atoms with E-state index in [0.29, 0.717) is 18.8 Å². The number of hydrogen-bond donors (Lipinski definition) is 1. The van der Waals surface area contributed by atoms with Crippen LogP contribution in [0.1, 0.15) is 5.56 Å². The second-order valence-corrected chi connectivity index (χ2v) is 5.82. The number of aromatic nitrogens is 4. The van der Waals surface area contributed by atoms with Crippen molar-refractivity contribution in [3.63, 3.8) is 0 Å². The van der Waals surface area contributed by atoms with E-state index in [1.54, 1.807) is 11.7 Å². The summed E-state index contributed by atoms with van der Waals surface area (Å²) in [6.07, 6.45) is 0.513. The molecule has 2 N–H and O–H groups in total. The van der Waals surface area contributed by atoms with Crippen molar-refractivity contribution < 1.29 is 23.7 Å². The van der Waals surface area contributed by atoms with Gasteiger partial charge in [-0.25, -0.2) is 4.79 Å². The maximum absolute atomic E-state index is 11.9. The maximum Gasteiger partial charge on any atom is 0.516 e. The number of methoxy groups -OCH3 is 1. The van der Waals surface area contributed by atoms with Gasteiger partial charge in [-0.3, -0.25) is 4.57 Å². The highest BCUT2D eigenvalue weighted by Crippen LogP contribution is 2.26. The highest BCUT2D eigenvalue weighted by molar-refractivity contribution is 5.83. The lowest BCUT2D eigenvalue weighted by atomic mass is 10.2. The zero-order chi connectivity index (χ0) is 20.6. The number of fused-ring (bicyclic) bond motifs is 1. The van der Waals surface area contributed by atoms with E-state index in [2.05, 4.69) is 21.5 Å². The molecule has 0 amide bonds. The highest BCUT2D eigenvalue weighted by atomic mass is 16.7. The number of benzene rings is 1. The van der Waals surface area contributed by atoms with E-state index >= 15 is 0 Å². The summed E-state index contributed by atoms with van der Waals surface area (Å²) < 4.78 is 22.2. The predicted octanol–water partition coefficient (Wildman–Crippen LogP) is 2.18. The molecule has 152 valence electrons. The SMILES string of the molecule is C=CCOC(=O)Oc1nc2c(N)nc(OCCOC)nc2n1Cc1ccccc1. The molecule has 0 aliphatic rings. The van der Waals surface area contributed by atoms with Crippen LogP contribution in [0.5, 0.6) is 12.0 Å². The van der Waals surface area contributed by atoms with Crippen molar-refractivity contribution in [2.24, 2.45) is 0 Å². The van der Waals surface area contributed by atoms with Crippen LogP contribution < -0.4 is 15.2 Å². The quantitative estimate of drug-likeness (QED) is 0.327. The first-order valence-corrected chi connectivity index (χ1v) is 8.77. The van der Waals surface area contributed by atoms with Gasteiger partial charge in [0, 0.05) is 7.11 Å². The molecule has 10 heteroatoms. The largest absolute Gasteiger partial charge is 0.516 e. The number of nitrogen functional groups attached to an aromatic ring is 1. The molecule has 0 radical (unpaired) electrons. The van der Waals surface area contributed by atoms with E-state index < -0.39 is 6.16 Å². The lowest BCUT2D eigenvalue weighted by Crippen LogP contribution is -2.14. The topological polar surface area (TPSA) is 124 Å². The third-order valence-electron chi connectivity index (χ3n) is 3.76. The minimum atomic E-state index is -0.919. The molecule has 0 aliphatic heterocycles.